The van der Waals surface area contributed by atoms with E-state index in [1.807, 2.05) is 35.1 Å². The molecule has 0 bridgehead atoms. The fourth-order valence-corrected chi connectivity index (χ4v) is 5.36. The molecule has 3 aromatic carbocycles. The molecule has 11 nitrogen and oxygen atoms in total. The van der Waals surface area contributed by atoms with E-state index in [2.05, 4.69) is 45.0 Å². The van der Waals surface area contributed by atoms with Crippen LogP contribution in [-0.4, -0.2) is 47.2 Å². The minimum atomic E-state index is -4.08. The number of imide groups is 1. The summed E-state index contributed by atoms with van der Waals surface area (Å²) in [7, 11) is -4.08. The van der Waals surface area contributed by atoms with Gasteiger partial charge < -0.3 is 4.74 Å². The minimum absolute atomic E-state index is 0.0262. The van der Waals surface area contributed by atoms with Crippen molar-refractivity contribution in [2.45, 2.75) is 56.9 Å². The Hall–Kier alpha value is -4.58. The number of carbonyl (C=O) groups is 2. The van der Waals surface area contributed by atoms with Crippen LogP contribution in [0.5, 0.6) is 5.75 Å². The lowest BCUT2D eigenvalue weighted by atomic mass is 10.1. The number of unbranched alkanes of at least 4 members (excludes halogenated alkanes) is 2. The van der Waals surface area contributed by atoms with Crippen LogP contribution in [0.2, 0.25) is 0 Å². The first kappa shape index (κ1) is 30.4. The van der Waals surface area contributed by atoms with Crippen molar-refractivity contribution in [2.24, 2.45) is 0 Å². The van der Waals surface area contributed by atoms with E-state index in [0.29, 0.717) is 37.4 Å². The Labute approximate surface area is 245 Å². The van der Waals surface area contributed by atoms with Crippen LogP contribution in [0.25, 0.3) is 11.4 Å². The average molecular weight is 591 g/mol. The molecule has 0 spiro atoms. The van der Waals surface area contributed by atoms with E-state index in [1.165, 1.54) is 16.4 Å². The van der Waals surface area contributed by atoms with Gasteiger partial charge in [0.2, 0.25) is 11.7 Å². The van der Waals surface area contributed by atoms with Crippen molar-refractivity contribution in [1.29, 1.82) is 0 Å². The molecule has 0 aliphatic carbocycles. The van der Waals surface area contributed by atoms with Crippen molar-refractivity contribution in [3.63, 3.8) is 0 Å². The fraction of sp³-hybridized carbons (Fsp3) is 0.300. The second-order valence-electron chi connectivity index (χ2n) is 9.73. The highest BCUT2D eigenvalue weighted by Crippen LogP contribution is 2.19. The van der Waals surface area contributed by atoms with Crippen molar-refractivity contribution in [1.82, 2.24) is 30.2 Å². The monoisotopic (exact) mass is 590 g/mol. The second-order valence-corrected chi connectivity index (χ2v) is 11.4. The molecule has 0 aliphatic rings. The fourth-order valence-electron chi connectivity index (χ4n) is 4.21. The van der Waals surface area contributed by atoms with Gasteiger partial charge in [-0.3, -0.25) is 10.1 Å². The van der Waals surface area contributed by atoms with Gasteiger partial charge in [-0.1, -0.05) is 48.5 Å². The average Bonchev–Trinajstić information content (AvgIpc) is 3.45. The number of ether oxygens (including phenoxy) is 1. The zero-order chi connectivity index (χ0) is 29.8. The summed E-state index contributed by atoms with van der Waals surface area (Å²) >= 11 is 0. The Morgan fingerprint density at radius 3 is 2.38 bits per heavy atom. The van der Waals surface area contributed by atoms with E-state index in [0.717, 1.165) is 30.6 Å². The first-order chi connectivity index (χ1) is 20.3. The highest BCUT2D eigenvalue weighted by atomic mass is 32.2. The molecule has 4 aromatic rings. The zero-order valence-electron chi connectivity index (χ0n) is 23.4. The third-order valence-corrected chi connectivity index (χ3v) is 7.90. The molecule has 4 rings (SSSR count). The maximum atomic E-state index is 12.4. The number of nitrogens with zero attached hydrogens (tertiary/aromatic N) is 4. The van der Waals surface area contributed by atoms with Crippen molar-refractivity contribution >= 4 is 22.0 Å². The summed E-state index contributed by atoms with van der Waals surface area (Å²) in [6.07, 6.45) is 4.11. The summed E-state index contributed by atoms with van der Waals surface area (Å²) in [5.74, 6) is 0.678. The summed E-state index contributed by atoms with van der Waals surface area (Å²) in [6, 6.07) is 23.1. The zero-order valence-corrected chi connectivity index (χ0v) is 24.2. The molecule has 1 aromatic heterocycles. The van der Waals surface area contributed by atoms with E-state index in [1.54, 1.807) is 25.1 Å². The van der Waals surface area contributed by atoms with Gasteiger partial charge in [0.25, 0.3) is 10.0 Å². The second kappa shape index (κ2) is 14.9. The summed E-state index contributed by atoms with van der Waals surface area (Å²) < 4.78 is 32.5. The van der Waals surface area contributed by atoms with Crippen LogP contribution in [0.3, 0.4) is 0 Å². The first-order valence-corrected chi connectivity index (χ1v) is 15.3. The number of hydrogen-bond acceptors (Lipinski definition) is 8. The molecule has 3 amide bonds. The van der Waals surface area contributed by atoms with Crippen molar-refractivity contribution < 1.29 is 22.7 Å². The quantitative estimate of drug-likeness (QED) is 0.205. The molecule has 0 saturated heterocycles. The van der Waals surface area contributed by atoms with Crippen molar-refractivity contribution in [2.75, 3.05) is 6.61 Å². The van der Waals surface area contributed by atoms with Crippen molar-refractivity contribution in [3.05, 3.63) is 90.0 Å². The maximum absolute atomic E-state index is 12.4. The molecule has 42 heavy (non-hydrogen) atoms. The van der Waals surface area contributed by atoms with Crippen LogP contribution < -0.4 is 14.8 Å². The Bertz CT molecular complexity index is 1570. The van der Waals surface area contributed by atoms with Gasteiger partial charge in [0.05, 0.1) is 18.0 Å². The van der Waals surface area contributed by atoms with Crippen LogP contribution >= 0.6 is 0 Å². The Morgan fingerprint density at radius 2 is 1.62 bits per heavy atom. The summed E-state index contributed by atoms with van der Waals surface area (Å²) in [5.41, 5.74) is 2.63. The highest BCUT2D eigenvalue weighted by molar-refractivity contribution is 7.90. The normalized spacial score (nSPS) is 11.2. The summed E-state index contributed by atoms with van der Waals surface area (Å²) in [4.78, 5) is 25.6. The number of benzene rings is 3. The van der Waals surface area contributed by atoms with E-state index in [9.17, 15) is 18.0 Å². The number of amides is 3. The highest BCUT2D eigenvalue weighted by Gasteiger charge is 2.20. The lowest BCUT2D eigenvalue weighted by Gasteiger charge is -2.09. The molecule has 2 N–H and O–H groups in total. The van der Waals surface area contributed by atoms with E-state index < -0.39 is 22.0 Å². The van der Waals surface area contributed by atoms with Gasteiger partial charge in [0.15, 0.2) is 0 Å². The van der Waals surface area contributed by atoms with Crippen molar-refractivity contribution in [3.8, 4) is 17.1 Å². The third kappa shape index (κ3) is 9.23. The van der Waals surface area contributed by atoms with Gasteiger partial charge in [-0.15, -0.1) is 10.2 Å². The Morgan fingerprint density at radius 1 is 0.881 bits per heavy atom. The summed E-state index contributed by atoms with van der Waals surface area (Å²) in [6.45, 7) is 2.69. The van der Waals surface area contributed by atoms with Gasteiger partial charge in [-0.2, -0.15) is 4.80 Å². The number of nitrogens with one attached hydrogen (secondary N) is 2. The minimum Gasteiger partial charge on any atom is -0.494 e. The third-order valence-electron chi connectivity index (χ3n) is 6.41. The van der Waals surface area contributed by atoms with Crippen LogP contribution in [0, 0.1) is 6.92 Å². The molecule has 1 heterocycles. The molecule has 0 unspecified atom stereocenters. The molecule has 0 radical (unpaired) electrons. The van der Waals surface area contributed by atoms with Gasteiger partial charge in [0, 0.05) is 12.0 Å². The van der Waals surface area contributed by atoms with E-state index in [4.69, 9.17) is 4.74 Å². The molecule has 0 fully saturated rings. The lowest BCUT2D eigenvalue weighted by Crippen LogP contribution is -2.42. The van der Waals surface area contributed by atoms with Gasteiger partial charge in [-0.05, 0) is 85.7 Å². The number of aryl methyl sites for hydroxylation is 3. The van der Waals surface area contributed by atoms with Gasteiger partial charge >= 0.3 is 6.03 Å². The maximum Gasteiger partial charge on any atom is 0.335 e. The lowest BCUT2D eigenvalue weighted by molar-refractivity contribution is -0.120. The van der Waals surface area contributed by atoms with E-state index in [-0.39, 0.29) is 11.3 Å². The number of hydrogen-bond donors (Lipinski definition) is 2. The van der Waals surface area contributed by atoms with Crippen LogP contribution in [0.15, 0.2) is 83.8 Å². The predicted molar refractivity (Wildman–Crippen MR) is 157 cm³/mol. The molecular weight excluding hydrogens is 556 g/mol. The molecular formula is C30H34N6O5S. The predicted octanol–water partition coefficient (Wildman–Crippen LogP) is 4.44. The van der Waals surface area contributed by atoms with Crippen LogP contribution in [-0.2, 0) is 27.8 Å². The standard InChI is InChI=1S/C30H34N6O5S/c1-23-11-5-6-15-27(23)42(39,40)34-30(38)31-28(37)16-7-9-21-36-33-29(32-35-36)25-17-19-26(20-18-25)41-22-10-8-14-24-12-3-2-4-13-24/h2-6,11-13,15,17-20H,7-10,14,16,21-22H2,1H3,(H2,31,34,37,38). The Kier molecular flexibility index (Phi) is 10.8. The first-order valence-electron chi connectivity index (χ1n) is 13.8. The molecule has 0 atom stereocenters. The number of carbonyl (C=O) groups excluding carboxylic acids is 2. The topological polar surface area (TPSA) is 145 Å². The molecule has 220 valence electrons. The number of rotatable bonds is 14. The number of tetrazole rings is 1. The molecule has 12 heteroatoms. The number of sulfonamides is 1. The SMILES string of the molecule is Cc1ccccc1S(=O)(=O)NC(=O)NC(=O)CCCCn1nnc(-c2ccc(OCCCCc3ccccc3)cc2)n1. The summed E-state index contributed by atoms with van der Waals surface area (Å²) in [5, 5.41) is 14.6. The van der Waals surface area contributed by atoms with E-state index >= 15 is 0 Å². The van der Waals surface area contributed by atoms with Gasteiger partial charge in [-0.25, -0.2) is 17.9 Å². The largest absolute Gasteiger partial charge is 0.494 e. The molecule has 0 aliphatic heterocycles. The van der Waals surface area contributed by atoms with Gasteiger partial charge in [0.1, 0.15) is 5.75 Å². The number of urea groups is 1. The Balaban J connectivity index is 1.13. The van der Waals surface area contributed by atoms with Crippen LogP contribution in [0.1, 0.15) is 43.2 Å². The number of aromatic nitrogens is 4. The molecule has 0 saturated carbocycles. The van der Waals surface area contributed by atoms with Crippen LogP contribution in [0.4, 0.5) is 4.79 Å². The smallest absolute Gasteiger partial charge is 0.335 e.